The average molecular weight is 313 g/mol. The molecule has 0 aliphatic carbocycles. The maximum Gasteiger partial charge on any atom is 0.350 e. The molecule has 1 aromatic heterocycles. The molecule has 0 spiro atoms. The zero-order valence-corrected chi connectivity index (χ0v) is 12.9. The van der Waals surface area contributed by atoms with Crippen molar-refractivity contribution in [2.75, 3.05) is 37.4 Å². The average Bonchev–Trinajstić information content (AvgIpc) is 2.84. The van der Waals surface area contributed by atoms with Gasteiger partial charge in [-0.3, -0.25) is 4.79 Å². The molecule has 4 N–H and O–H groups in total. The third-order valence-corrected chi connectivity index (χ3v) is 4.67. The van der Waals surface area contributed by atoms with Gasteiger partial charge >= 0.3 is 5.97 Å². The van der Waals surface area contributed by atoms with Crippen molar-refractivity contribution < 1.29 is 19.1 Å². The molecule has 0 aromatic carbocycles. The Morgan fingerprint density at radius 3 is 2.81 bits per heavy atom. The molecule has 21 heavy (non-hydrogen) atoms. The molecule has 1 unspecified atom stereocenters. The predicted octanol–water partition coefficient (Wildman–Crippen LogP) is 0.831. The lowest BCUT2D eigenvalue weighted by Crippen LogP contribution is -2.42. The van der Waals surface area contributed by atoms with E-state index in [-0.39, 0.29) is 22.2 Å². The minimum absolute atomic E-state index is 0.0874. The Balaban J connectivity index is 2.42. The van der Waals surface area contributed by atoms with Crippen molar-refractivity contribution in [2.24, 2.45) is 5.73 Å². The first-order valence-corrected chi connectivity index (χ1v) is 7.48. The van der Waals surface area contributed by atoms with E-state index in [1.54, 1.807) is 0 Å². The Hall–Kier alpha value is -1.80. The van der Waals surface area contributed by atoms with Gasteiger partial charge in [-0.05, 0) is 6.42 Å². The number of anilines is 2. The summed E-state index contributed by atoms with van der Waals surface area (Å²) in [6.07, 6.45) is 0.956. The van der Waals surface area contributed by atoms with Crippen LogP contribution in [0, 0.1) is 0 Å². The summed E-state index contributed by atoms with van der Waals surface area (Å²) in [5.74, 6) is -1.21. The van der Waals surface area contributed by atoms with Crippen LogP contribution in [0.2, 0.25) is 0 Å². The molecule has 8 heteroatoms. The minimum atomic E-state index is -0.645. The van der Waals surface area contributed by atoms with Crippen molar-refractivity contribution in [3.8, 4) is 0 Å². The number of amides is 1. The molecular weight excluding hydrogens is 294 g/mol. The van der Waals surface area contributed by atoms with Crippen LogP contribution in [0.3, 0.4) is 0 Å². The number of methoxy groups -OCH3 is 1. The number of carbonyl (C=O) groups is 2. The maximum atomic E-state index is 11.7. The molecular formula is C13H19N3O4S. The van der Waals surface area contributed by atoms with Gasteiger partial charge in [-0.2, -0.15) is 0 Å². The summed E-state index contributed by atoms with van der Waals surface area (Å²) in [5.41, 5.74) is 11.6. The third-order valence-electron chi connectivity index (χ3n) is 3.43. The van der Waals surface area contributed by atoms with Crippen molar-refractivity contribution in [3.63, 3.8) is 0 Å². The molecule has 1 atom stereocenters. The molecule has 1 aromatic rings. The van der Waals surface area contributed by atoms with E-state index in [1.807, 2.05) is 11.8 Å². The molecule has 0 radical (unpaired) electrons. The number of hydrogen-bond acceptors (Lipinski definition) is 7. The lowest BCUT2D eigenvalue weighted by Gasteiger charge is -2.33. The second-order valence-electron chi connectivity index (χ2n) is 4.73. The Labute approximate surface area is 126 Å². The number of nitrogens with two attached hydrogens (primary N) is 2. The molecule has 1 aliphatic heterocycles. The first-order chi connectivity index (χ1) is 9.99. The van der Waals surface area contributed by atoms with E-state index < -0.39 is 11.9 Å². The molecule has 1 aliphatic rings. The van der Waals surface area contributed by atoms with E-state index in [4.69, 9.17) is 20.9 Å². The fourth-order valence-corrected chi connectivity index (χ4v) is 3.47. The summed E-state index contributed by atoms with van der Waals surface area (Å²) < 4.78 is 10.3. The van der Waals surface area contributed by atoms with Gasteiger partial charge in [0.2, 0.25) is 0 Å². The number of nitrogen functional groups attached to an aromatic ring is 1. The van der Waals surface area contributed by atoms with Crippen LogP contribution >= 0.6 is 11.3 Å². The highest BCUT2D eigenvalue weighted by Gasteiger charge is 2.30. The molecule has 0 saturated carbocycles. The largest absolute Gasteiger partial charge is 0.465 e. The molecule has 1 amide bonds. The molecule has 0 bridgehead atoms. The lowest BCUT2D eigenvalue weighted by molar-refractivity contribution is 0.0386. The quantitative estimate of drug-likeness (QED) is 0.797. The number of morpholine rings is 1. The Morgan fingerprint density at radius 2 is 2.24 bits per heavy atom. The van der Waals surface area contributed by atoms with Gasteiger partial charge in [0.05, 0.1) is 31.1 Å². The van der Waals surface area contributed by atoms with Gasteiger partial charge in [0, 0.05) is 13.1 Å². The number of thiophene rings is 1. The number of hydrogen-bond donors (Lipinski definition) is 2. The SMILES string of the molecule is CCC1CN(c2sc(C(=O)OC)c(N)c2C(N)=O)CCO1. The molecule has 1 saturated heterocycles. The number of nitrogens with zero attached hydrogens (tertiary/aromatic N) is 1. The van der Waals surface area contributed by atoms with Gasteiger partial charge in [-0.25, -0.2) is 4.79 Å². The van der Waals surface area contributed by atoms with E-state index in [0.29, 0.717) is 24.7 Å². The fraction of sp³-hybridized carbons (Fsp3) is 0.538. The zero-order chi connectivity index (χ0) is 15.6. The normalized spacial score (nSPS) is 18.6. The maximum absolute atomic E-state index is 11.7. The van der Waals surface area contributed by atoms with Gasteiger partial charge in [-0.15, -0.1) is 11.3 Å². The number of ether oxygens (including phenoxy) is 2. The van der Waals surface area contributed by atoms with Gasteiger partial charge in [0.25, 0.3) is 5.91 Å². The molecule has 116 valence electrons. The highest BCUT2D eigenvalue weighted by Crippen LogP contribution is 2.39. The zero-order valence-electron chi connectivity index (χ0n) is 12.0. The van der Waals surface area contributed by atoms with Crippen molar-refractivity contribution in [3.05, 3.63) is 10.4 Å². The first kappa shape index (κ1) is 15.6. The van der Waals surface area contributed by atoms with Crippen LogP contribution in [-0.4, -0.2) is 44.8 Å². The molecule has 2 rings (SSSR count). The Kier molecular flexibility index (Phi) is 4.69. The van der Waals surface area contributed by atoms with Crippen molar-refractivity contribution in [1.29, 1.82) is 0 Å². The summed E-state index contributed by atoms with van der Waals surface area (Å²) >= 11 is 1.14. The summed E-state index contributed by atoms with van der Waals surface area (Å²) in [6, 6.07) is 0. The lowest BCUT2D eigenvalue weighted by atomic mass is 10.2. The number of rotatable bonds is 4. The molecule has 2 heterocycles. The van der Waals surface area contributed by atoms with Crippen LogP contribution < -0.4 is 16.4 Å². The van der Waals surface area contributed by atoms with Crippen LogP contribution in [0.4, 0.5) is 10.7 Å². The van der Waals surface area contributed by atoms with Gasteiger partial charge in [-0.1, -0.05) is 6.92 Å². The fourth-order valence-electron chi connectivity index (χ4n) is 2.29. The van der Waals surface area contributed by atoms with E-state index in [2.05, 4.69) is 0 Å². The summed E-state index contributed by atoms with van der Waals surface area (Å²) in [6.45, 7) is 3.85. The third kappa shape index (κ3) is 2.96. The van der Waals surface area contributed by atoms with Crippen molar-refractivity contribution >= 4 is 33.9 Å². The highest BCUT2D eigenvalue weighted by molar-refractivity contribution is 7.19. The minimum Gasteiger partial charge on any atom is -0.465 e. The van der Waals surface area contributed by atoms with Gasteiger partial charge in [0.1, 0.15) is 9.88 Å². The topological polar surface area (TPSA) is 108 Å². The van der Waals surface area contributed by atoms with E-state index in [9.17, 15) is 9.59 Å². The van der Waals surface area contributed by atoms with E-state index >= 15 is 0 Å². The second kappa shape index (κ2) is 6.31. The van der Waals surface area contributed by atoms with Crippen molar-refractivity contribution in [2.45, 2.75) is 19.4 Å². The van der Waals surface area contributed by atoms with E-state index in [1.165, 1.54) is 7.11 Å². The summed E-state index contributed by atoms with van der Waals surface area (Å²) in [4.78, 5) is 25.6. The van der Waals surface area contributed by atoms with Crippen LogP contribution in [0.1, 0.15) is 33.4 Å². The Morgan fingerprint density at radius 1 is 1.52 bits per heavy atom. The monoisotopic (exact) mass is 313 g/mol. The number of primary amides is 1. The number of esters is 1. The van der Waals surface area contributed by atoms with Crippen LogP contribution in [0.5, 0.6) is 0 Å². The van der Waals surface area contributed by atoms with Crippen LogP contribution in [-0.2, 0) is 9.47 Å². The van der Waals surface area contributed by atoms with Crippen LogP contribution in [0.15, 0.2) is 0 Å². The first-order valence-electron chi connectivity index (χ1n) is 6.66. The second-order valence-corrected chi connectivity index (χ2v) is 5.73. The van der Waals surface area contributed by atoms with Crippen LogP contribution in [0.25, 0.3) is 0 Å². The smallest absolute Gasteiger partial charge is 0.350 e. The molecule has 7 nitrogen and oxygen atoms in total. The van der Waals surface area contributed by atoms with Crippen molar-refractivity contribution in [1.82, 2.24) is 0 Å². The summed E-state index contributed by atoms with van der Waals surface area (Å²) in [5, 5.41) is 0.613. The highest BCUT2D eigenvalue weighted by atomic mass is 32.1. The summed E-state index contributed by atoms with van der Waals surface area (Å²) in [7, 11) is 1.27. The van der Waals surface area contributed by atoms with Gasteiger partial charge in [0.15, 0.2) is 0 Å². The molecule has 1 fully saturated rings. The van der Waals surface area contributed by atoms with E-state index in [0.717, 1.165) is 17.8 Å². The predicted molar refractivity (Wildman–Crippen MR) is 80.8 cm³/mol. The Bertz CT molecular complexity index is 558. The standard InChI is InChI=1S/C13H19N3O4S/c1-3-7-6-16(4-5-20-7)12-8(11(15)17)9(14)10(21-12)13(18)19-2/h7H,3-6,14H2,1-2H3,(H2,15,17). The van der Waals surface area contributed by atoms with Gasteiger partial charge < -0.3 is 25.8 Å². The number of carbonyl (C=O) groups excluding carboxylic acids is 2.